The van der Waals surface area contributed by atoms with Crippen molar-refractivity contribution < 1.29 is 23.9 Å². The second kappa shape index (κ2) is 13.5. The SMILES string of the molecule is CCOC(=O)n1ncc2cc(Nc3ncc(C#CCCCNC(=O)[C@@H]4CCCN4C(=O)OC(C)(C)C)c(Cl)n3)ccc21. The quantitative estimate of drug-likeness (QED) is 0.222. The van der Waals surface area contributed by atoms with Crippen LogP contribution in [0.2, 0.25) is 5.15 Å². The van der Waals surface area contributed by atoms with Crippen molar-refractivity contribution in [3.63, 3.8) is 0 Å². The number of nitrogens with zero attached hydrogens (tertiary/aromatic N) is 5. The molecule has 1 aliphatic rings. The molecule has 1 aromatic carbocycles. The monoisotopic (exact) mass is 595 g/mol. The van der Waals surface area contributed by atoms with E-state index in [1.165, 1.54) is 15.8 Å². The van der Waals surface area contributed by atoms with Gasteiger partial charge in [-0.25, -0.2) is 14.6 Å². The first-order chi connectivity index (χ1) is 20.1. The molecule has 0 saturated carbocycles. The molecule has 0 aliphatic carbocycles. The van der Waals surface area contributed by atoms with Crippen LogP contribution >= 0.6 is 11.6 Å². The number of rotatable bonds is 7. The molecule has 2 aromatic heterocycles. The summed E-state index contributed by atoms with van der Waals surface area (Å²) in [4.78, 5) is 47.2. The Morgan fingerprint density at radius 3 is 2.74 bits per heavy atom. The fourth-order valence-corrected chi connectivity index (χ4v) is 4.49. The molecular formula is C29H34ClN7O5. The van der Waals surface area contributed by atoms with E-state index in [1.54, 1.807) is 46.0 Å². The van der Waals surface area contributed by atoms with Crippen LogP contribution in [-0.2, 0) is 14.3 Å². The van der Waals surface area contributed by atoms with Gasteiger partial charge in [0.15, 0.2) is 0 Å². The molecule has 1 aliphatic heterocycles. The van der Waals surface area contributed by atoms with E-state index in [0.29, 0.717) is 49.1 Å². The number of fused-ring (bicyclic) bond motifs is 1. The fraction of sp³-hybridized carbons (Fsp3) is 0.448. The summed E-state index contributed by atoms with van der Waals surface area (Å²) in [6.07, 6.45) is 4.64. The first-order valence-electron chi connectivity index (χ1n) is 13.8. The van der Waals surface area contributed by atoms with E-state index in [-0.39, 0.29) is 23.6 Å². The van der Waals surface area contributed by atoms with E-state index >= 15 is 0 Å². The largest absolute Gasteiger partial charge is 0.448 e. The Morgan fingerprint density at radius 2 is 2.00 bits per heavy atom. The molecule has 1 fully saturated rings. The van der Waals surface area contributed by atoms with E-state index in [4.69, 9.17) is 21.1 Å². The number of carbonyl (C=O) groups is 3. The number of aromatic nitrogens is 4. The number of halogens is 1. The van der Waals surface area contributed by atoms with E-state index in [1.807, 2.05) is 6.07 Å². The van der Waals surface area contributed by atoms with Gasteiger partial charge in [-0.05, 0) is 65.2 Å². The van der Waals surface area contributed by atoms with E-state index in [2.05, 4.69) is 37.5 Å². The molecule has 3 aromatic rings. The lowest BCUT2D eigenvalue weighted by Crippen LogP contribution is -2.47. The van der Waals surface area contributed by atoms with Crippen molar-refractivity contribution in [2.45, 2.75) is 65.0 Å². The van der Waals surface area contributed by atoms with Gasteiger partial charge in [-0.15, -0.1) is 0 Å². The number of carbonyl (C=O) groups excluding carboxylic acids is 3. The summed E-state index contributed by atoms with van der Waals surface area (Å²) in [5.74, 6) is 6.10. The lowest BCUT2D eigenvalue weighted by molar-refractivity contribution is -0.125. The van der Waals surface area contributed by atoms with Crippen LogP contribution in [0.5, 0.6) is 0 Å². The van der Waals surface area contributed by atoms with E-state index in [0.717, 1.165) is 11.8 Å². The summed E-state index contributed by atoms with van der Waals surface area (Å²) in [5.41, 5.74) is 1.17. The molecule has 0 radical (unpaired) electrons. The first-order valence-corrected chi connectivity index (χ1v) is 14.1. The van der Waals surface area contributed by atoms with Gasteiger partial charge >= 0.3 is 12.2 Å². The van der Waals surface area contributed by atoms with Crippen molar-refractivity contribution in [1.29, 1.82) is 0 Å². The van der Waals surface area contributed by atoms with Crippen molar-refractivity contribution >= 4 is 52.2 Å². The number of ether oxygens (including phenoxy) is 2. The van der Waals surface area contributed by atoms with E-state index in [9.17, 15) is 14.4 Å². The van der Waals surface area contributed by atoms with Gasteiger partial charge in [0.05, 0.1) is 23.9 Å². The number of nitrogens with one attached hydrogen (secondary N) is 2. The lowest BCUT2D eigenvalue weighted by atomic mass is 10.2. The first kappa shape index (κ1) is 30.6. The van der Waals surface area contributed by atoms with Gasteiger partial charge < -0.3 is 20.1 Å². The molecule has 42 heavy (non-hydrogen) atoms. The summed E-state index contributed by atoms with van der Waals surface area (Å²) < 4.78 is 11.6. The summed E-state index contributed by atoms with van der Waals surface area (Å²) >= 11 is 6.33. The molecule has 2 N–H and O–H groups in total. The minimum atomic E-state index is -0.613. The normalized spacial score (nSPS) is 14.7. The van der Waals surface area contributed by atoms with Crippen LogP contribution in [0.3, 0.4) is 0 Å². The third-order valence-electron chi connectivity index (χ3n) is 6.19. The Bertz CT molecular complexity index is 1520. The van der Waals surface area contributed by atoms with Crippen LogP contribution < -0.4 is 10.6 Å². The Balaban J connectivity index is 1.25. The van der Waals surface area contributed by atoms with Crippen molar-refractivity contribution in [3.8, 4) is 11.8 Å². The number of hydrogen-bond donors (Lipinski definition) is 2. The average molecular weight is 596 g/mol. The van der Waals surface area contributed by atoms with Gasteiger partial charge in [0.2, 0.25) is 11.9 Å². The number of hydrogen-bond acceptors (Lipinski definition) is 9. The summed E-state index contributed by atoms with van der Waals surface area (Å²) in [7, 11) is 0. The van der Waals surface area contributed by atoms with Gasteiger partial charge in [0.25, 0.3) is 0 Å². The highest BCUT2D eigenvalue weighted by atomic mass is 35.5. The van der Waals surface area contributed by atoms with Gasteiger partial charge in [-0.3, -0.25) is 9.69 Å². The molecule has 222 valence electrons. The highest BCUT2D eigenvalue weighted by Crippen LogP contribution is 2.23. The van der Waals surface area contributed by atoms with Gasteiger partial charge in [-0.1, -0.05) is 23.4 Å². The zero-order valence-electron chi connectivity index (χ0n) is 24.1. The van der Waals surface area contributed by atoms with Crippen molar-refractivity contribution in [1.82, 2.24) is 30.0 Å². The number of amides is 2. The molecule has 3 heterocycles. The van der Waals surface area contributed by atoms with Gasteiger partial charge in [0, 0.05) is 36.8 Å². The molecule has 1 saturated heterocycles. The zero-order valence-corrected chi connectivity index (χ0v) is 24.8. The second-order valence-electron chi connectivity index (χ2n) is 10.6. The molecule has 1 atom stereocenters. The topological polar surface area (TPSA) is 141 Å². The maximum absolute atomic E-state index is 12.6. The van der Waals surface area contributed by atoms with Crippen molar-refractivity contribution in [2.75, 3.05) is 25.0 Å². The third-order valence-corrected chi connectivity index (χ3v) is 6.48. The van der Waals surface area contributed by atoms with Crippen LogP contribution in [-0.4, -0.2) is 74.1 Å². The van der Waals surface area contributed by atoms with Crippen molar-refractivity contribution in [2.24, 2.45) is 0 Å². The van der Waals surface area contributed by atoms with Crippen LogP contribution in [0, 0.1) is 11.8 Å². The molecule has 12 nitrogen and oxygen atoms in total. The second-order valence-corrected chi connectivity index (χ2v) is 10.9. The standard InChI is InChI=1S/C29H34ClN7O5/c1-5-41-28(40)37-22-13-12-21(16-20(22)18-33-37)34-26-32-17-19(24(30)35-26)10-7-6-8-14-31-25(38)23-11-9-15-36(23)27(39)42-29(2,3)4/h12-13,16-18,23H,5-6,8-9,11,14-15H2,1-4H3,(H,31,38)(H,32,34,35)/t23-/m0/s1. The van der Waals surface area contributed by atoms with Crippen LogP contribution in [0.4, 0.5) is 21.2 Å². The van der Waals surface area contributed by atoms with Crippen LogP contribution in [0.25, 0.3) is 10.9 Å². The minimum absolute atomic E-state index is 0.183. The number of unbranched alkanes of at least 4 members (excludes halogenated alkanes) is 1. The Hall–Kier alpha value is -4.37. The van der Waals surface area contributed by atoms with Gasteiger partial charge in [0.1, 0.15) is 16.8 Å². The van der Waals surface area contributed by atoms with Gasteiger partial charge in [-0.2, -0.15) is 14.8 Å². The Morgan fingerprint density at radius 1 is 1.19 bits per heavy atom. The zero-order chi connectivity index (χ0) is 30.3. The Labute approximate surface area is 249 Å². The predicted molar refractivity (Wildman–Crippen MR) is 158 cm³/mol. The van der Waals surface area contributed by atoms with E-state index < -0.39 is 23.8 Å². The smallest absolute Gasteiger partial charge is 0.435 e. The summed E-state index contributed by atoms with van der Waals surface area (Å²) in [6, 6.07) is 4.81. The molecule has 0 unspecified atom stereocenters. The van der Waals surface area contributed by atoms with Crippen LogP contribution in [0.1, 0.15) is 58.9 Å². The molecular weight excluding hydrogens is 562 g/mol. The van der Waals surface area contributed by atoms with Crippen LogP contribution in [0.15, 0.2) is 30.6 Å². The molecule has 13 heteroatoms. The molecule has 0 bridgehead atoms. The minimum Gasteiger partial charge on any atom is -0.448 e. The molecule has 0 spiro atoms. The molecule has 4 rings (SSSR count). The maximum atomic E-state index is 12.6. The lowest BCUT2D eigenvalue weighted by Gasteiger charge is -2.28. The summed E-state index contributed by atoms with van der Waals surface area (Å²) in [5, 5.41) is 11.0. The Kier molecular flexibility index (Phi) is 9.85. The highest BCUT2D eigenvalue weighted by molar-refractivity contribution is 6.30. The average Bonchev–Trinajstić information content (AvgIpc) is 3.58. The maximum Gasteiger partial charge on any atom is 0.435 e. The predicted octanol–water partition coefficient (Wildman–Crippen LogP) is 4.88. The fourth-order valence-electron chi connectivity index (χ4n) is 4.32. The number of anilines is 2. The summed E-state index contributed by atoms with van der Waals surface area (Å²) in [6.45, 7) is 8.34. The number of likely N-dealkylation sites (tertiary alicyclic amines) is 1. The highest BCUT2D eigenvalue weighted by Gasteiger charge is 2.36. The molecule has 2 amide bonds. The van der Waals surface area contributed by atoms with Crippen molar-refractivity contribution in [3.05, 3.63) is 41.3 Å². The number of benzene rings is 1. The third kappa shape index (κ3) is 7.88.